The first kappa shape index (κ1) is 17.8. The zero-order valence-corrected chi connectivity index (χ0v) is 13.8. The molecule has 7 nitrogen and oxygen atoms in total. The molecule has 0 aromatic heterocycles. The van der Waals surface area contributed by atoms with Gasteiger partial charge in [0.25, 0.3) is 5.69 Å². The lowest BCUT2D eigenvalue weighted by atomic mass is 9.92. The highest BCUT2D eigenvalue weighted by Gasteiger charge is 2.28. The first-order valence-electron chi connectivity index (χ1n) is 7.79. The smallest absolute Gasteiger partial charge is 0.269 e. The number of nitro groups is 1. The third-order valence-electron chi connectivity index (χ3n) is 4.25. The van der Waals surface area contributed by atoms with E-state index in [1.807, 2.05) is 0 Å². The van der Waals surface area contributed by atoms with Crippen molar-refractivity contribution in [1.82, 2.24) is 4.72 Å². The van der Waals surface area contributed by atoms with Crippen LogP contribution < -0.4 is 10.5 Å². The average molecular weight is 341 g/mol. The predicted octanol–water partition coefficient (Wildman–Crippen LogP) is 2.07. The number of benzene rings is 1. The van der Waals surface area contributed by atoms with Crippen molar-refractivity contribution in [2.45, 2.75) is 49.8 Å². The molecule has 23 heavy (non-hydrogen) atoms. The molecule has 0 heterocycles. The van der Waals surface area contributed by atoms with Gasteiger partial charge < -0.3 is 5.73 Å². The van der Waals surface area contributed by atoms with E-state index in [9.17, 15) is 18.5 Å². The predicted molar refractivity (Wildman–Crippen MR) is 88.3 cm³/mol. The Morgan fingerprint density at radius 3 is 2.22 bits per heavy atom. The van der Waals surface area contributed by atoms with Gasteiger partial charge in [0, 0.05) is 24.2 Å². The van der Waals surface area contributed by atoms with Crippen LogP contribution in [0.5, 0.6) is 0 Å². The maximum absolute atomic E-state index is 12.2. The fourth-order valence-corrected chi connectivity index (χ4v) is 4.09. The van der Waals surface area contributed by atoms with Gasteiger partial charge in [0.05, 0.1) is 10.7 Å². The highest BCUT2D eigenvalue weighted by atomic mass is 32.2. The Kier molecular flexibility index (Phi) is 5.72. The quantitative estimate of drug-likeness (QED) is 0.467. The van der Waals surface area contributed by atoms with E-state index in [-0.39, 0.29) is 18.0 Å². The van der Waals surface area contributed by atoms with Crippen molar-refractivity contribution < 1.29 is 13.3 Å². The van der Waals surface area contributed by atoms with Crippen LogP contribution >= 0.6 is 0 Å². The van der Waals surface area contributed by atoms with Crippen molar-refractivity contribution >= 4 is 15.7 Å². The second kappa shape index (κ2) is 7.37. The highest BCUT2D eigenvalue weighted by molar-refractivity contribution is 7.88. The lowest BCUT2D eigenvalue weighted by Crippen LogP contribution is -2.49. The summed E-state index contributed by atoms with van der Waals surface area (Å²) in [5.74, 6) is -0.207. The summed E-state index contributed by atoms with van der Waals surface area (Å²) in [7, 11) is -3.52. The van der Waals surface area contributed by atoms with Crippen molar-refractivity contribution in [2.75, 3.05) is 6.54 Å². The van der Waals surface area contributed by atoms with Crippen molar-refractivity contribution in [2.24, 2.45) is 5.73 Å². The Morgan fingerprint density at radius 1 is 1.13 bits per heavy atom. The molecule has 1 aliphatic carbocycles. The number of nitro benzene ring substituents is 1. The van der Waals surface area contributed by atoms with Gasteiger partial charge >= 0.3 is 0 Å². The fraction of sp³-hybridized carbons (Fsp3) is 0.600. The van der Waals surface area contributed by atoms with E-state index in [0.717, 1.165) is 38.5 Å². The zero-order valence-electron chi connectivity index (χ0n) is 13.0. The summed E-state index contributed by atoms with van der Waals surface area (Å²) in [6, 6.07) is 5.53. The van der Waals surface area contributed by atoms with Gasteiger partial charge in [-0.15, -0.1) is 0 Å². The molecule has 1 saturated carbocycles. The van der Waals surface area contributed by atoms with E-state index >= 15 is 0 Å². The molecule has 1 aromatic carbocycles. The normalized spacial score (nSPS) is 18.3. The Hall–Kier alpha value is -1.51. The minimum atomic E-state index is -3.52. The van der Waals surface area contributed by atoms with Gasteiger partial charge in [-0.2, -0.15) is 0 Å². The van der Waals surface area contributed by atoms with Crippen LogP contribution in [0.25, 0.3) is 0 Å². The number of rotatable bonds is 6. The number of hydrogen-bond acceptors (Lipinski definition) is 5. The van der Waals surface area contributed by atoms with E-state index in [4.69, 9.17) is 5.73 Å². The molecular formula is C15H23N3O4S. The van der Waals surface area contributed by atoms with Crippen LogP contribution in [0, 0.1) is 10.1 Å². The Labute approximate surface area is 136 Å². The van der Waals surface area contributed by atoms with Crippen LogP contribution in [0.1, 0.15) is 44.1 Å². The van der Waals surface area contributed by atoms with E-state index < -0.39 is 20.5 Å². The summed E-state index contributed by atoms with van der Waals surface area (Å²) in [6.45, 7) is 0.238. The standard InChI is InChI=1S/C15H23N3O4S/c16-15(9-3-1-2-4-10-15)12-17-23(21,22)11-13-5-7-14(8-6-13)18(19)20/h5-8,17H,1-4,9-12,16H2. The number of nitrogens with zero attached hydrogens (tertiary/aromatic N) is 1. The molecule has 0 spiro atoms. The minimum absolute atomic E-state index is 0.0570. The monoisotopic (exact) mass is 341 g/mol. The Bertz CT molecular complexity index is 635. The van der Waals surface area contributed by atoms with Gasteiger partial charge in [0.15, 0.2) is 0 Å². The molecular weight excluding hydrogens is 318 g/mol. The Balaban J connectivity index is 1.94. The van der Waals surface area contributed by atoms with Crippen molar-refractivity contribution in [3.63, 3.8) is 0 Å². The highest BCUT2D eigenvalue weighted by Crippen LogP contribution is 2.24. The average Bonchev–Trinajstić information content (AvgIpc) is 2.71. The molecule has 0 aliphatic heterocycles. The number of sulfonamides is 1. The molecule has 1 fully saturated rings. The van der Waals surface area contributed by atoms with Gasteiger partial charge in [-0.05, 0) is 18.4 Å². The van der Waals surface area contributed by atoms with Crippen LogP contribution in [0.3, 0.4) is 0 Å². The van der Waals surface area contributed by atoms with Crippen LogP contribution in [0.4, 0.5) is 5.69 Å². The summed E-state index contributed by atoms with van der Waals surface area (Å²) in [6.07, 6.45) is 6.00. The fourth-order valence-electron chi connectivity index (χ4n) is 2.85. The molecule has 2 rings (SSSR count). The van der Waals surface area contributed by atoms with E-state index in [1.54, 1.807) is 0 Å². The molecule has 1 aliphatic rings. The van der Waals surface area contributed by atoms with Crippen molar-refractivity contribution in [1.29, 1.82) is 0 Å². The van der Waals surface area contributed by atoms with E-state index in [1.165, 1.54) is 24.3 Å². The molecule has 0 amide bonds. The van der Waals surface area contributed by atoms with Gasteiger partial charge in [-0.3, -0.25) is 10.1 Å². The summed E-state index contributed by atoms with van der Waals surface area (Å²) in [5, 5.41) is 10.6. The SMILES string of the molecule is NC1(CNS(=O)(=O)Cc2ccc([N+](=O)[O-])cc2)CCCCCC1. The summed E-state index contributed by atoms with van der Waals surface area (Å²) in [4.78, 5) is 10.1. The molecule has 3 N–H and O–H groups in total. The van der Waals surface area contributed by atoms with E-state index in [0.29, 0.717) is 5.56 Å². The zero-order chi connectivity index (χ0) is 16.9. The third-order valence-corrected chi connectivity index (χ3v) is 5.54. The van der Waals surface area contributed by atoms with Gasteiger partial charge in [0.1, 0.15) is 0 Å². The first-order valence-corrected chi connectivity index (χ1v) is 9.44. The number of non-ortho nitro benzene ring substituents is 1. The van der Waals surface area contributed by atoms with Crippen LogP contribution in [0.2, 0.25) is 0 Å². The van der Waals surface area contributed by atoms with Crippen molar-refractivity contribution in [3.05, 3.63) is 39.9 Å². The van der Waals surface area contributed by atoms with Gasteiger partial charge in [-0.1, -0.05) is 37.8 Å². The van der Waals surface area contributed by atoms with Crippen LogP contribution in [0.15, 0.2) is 24.3 Å². The summed E-state index contributed by atoms with van der Waals surface area (Å²) >= 11 is 0. The molecule has 0 atom stereocenters. The lowest BCUT2D eigenvalue weighted by molar-refractivity contribution is -0.384. The third kappa shape index (κ3) is 5.56. The molecule has 0 unspecified atom stereocenters. The van der Waals surface area contributed by atoms with E-state index in [2.05, 4.69) is 4.72 Å². The maximum atomic E-state index is 12.2. The number of nitrogens with one attached hydrogen (secondary N) is 1. The first-order chi connectivity index (χ1) is 10.8. The maximum Gasteiger partial charge on any atom is 0.269 e. The van der Waals surface area contributed by atoms with Crippen LogP contribution in [-0.4, -0.2) is 25.4 Å². The molecule has 0 bridgehead atoms. The topological polar surface area (TPSA) is 115 Å². The van der Waals surface area contributed by atoms with Crippen molar-refractivity contribution in [3.8, 4) is 0 Å². The number of hydrogen-bond donors (Lipinski definition) is 2. The summed E-state index contributed by atoms with van der Waals surface area (Å²) < 4.78 is 27.0. The summed E-state index contributed by atoms with van der Waals surface area (Å²) in [5.41, 5.74) is 6.29. The second-order valence-corrected chi connectivity index (χ2v) is 8.09. The Morgan fingerprint density at radius 2 is 1.70 bits per heavy atom. The number of nitrogens with two attached hydrogens (primary N) is 1. The largest absolute Gasteiger partial charge is 0.324 e. The second-order valence-electron chi connectivity index (χ2n) is 6.28. The lowest BCUT2D eigenvalue weighted by Gasteiger charge is -2.28. The molecule has 0 radical (unpaired) electrons. The van der Waals surface area contributed by atoms with Gasteiger partial charge in [-0.25, -0.2) is 13.1 Å². The molecule has 8 heteroatoms. The minimum Gasteiger partial charge on any atom is -0.324 e. The van der Waals surface area contributed by atoms with Crippen LogP contribution in [-0.2, 0) is 15.8 Å². The molecule has 1 aromatic rings. The molecule has 0 saturated heterocycles. The molecule has 128 valence electrons. The van der Waals surface area contributed by atoms with Gasteiger partial charge in [0.2, 0.25) is 10.0 Å².